The van der Waals surface area contributed by atoms with Crippen LogP contribution in [0.5, 0.6) is 5.75 Å². The summed E-state index contributed by atoms with van der Waals surface area (Å²) >= 11 is 0. The second kappa shape index (κ2) is 2.94. The monoisotopic (exact) mass is 174 g/mol. The van der Waals surface area contributed by atoms with Gasteiger partial charge in [-0.1, -0.05) is 12.1 Å². The molecule has 2 aromatic rings. The van der Waals surface area contributed by atoms with Crippen LogP contribution in [0.15, 0.2) is 30.5 Å². The highest BCUT2D eigenvalue weighted by Crippen LogP contribution is 2.19. The van der Waals surface area contributed by atoms with E-state index in [9.17, 15) is 5.11 Å². The first-order valence-corrected chi connectivity index (χ1v) is 4.07. The van der Waals surface area contributed by atoms with E-state index in [4.69, 9.17) is 0 Å². The molecule has 0 amide bonds. The summed E-state index contributed by atoms with van der Waals surface area (Å²) in [5, 5.41) is 9.24. The molecule has 3 nitrogen and oxygen atoms in total. The normalized spacial score (nSPS) is 10.2. The Morgan fingerprint density at radius 3 is 2.85 bits per heavy atom. The number of nitrogens with one attached hydrogen (secondary N) is 1. The van der Waals surface area contributed by atoms with Crippen LogP contribution < -0.4 is 0 Å². The third-order valence-corrected chi connectivity index (χ3v) is 1.82. The number of imidazole rings is 1. The van der Waals surface area contributed by atoms with Crippen LogP contribution in [0, 0.1) is 6.92 Å². The van der Waals surface area contributed by atoms with E-state index in [0.717, 1.165) is 17.1 Å². The number of phenols is 1. The van der Waals surface area contributed by atoms with Crippen LogP contribution in [-0.2, 0) is 0 Å². The fraction of sp³-hybridized carbons (Fsp3) is 0.100. The Kier molecular flexibility index (Phi) is 1.77. The number of aromatic hydroxyl groups is 1. The van der Waals surface area contributed by atoms with Crippen molar-refractivity contribution in [3.63, 3.8) is 0 Å². The Labute approximate surface area is 76.1 Å². The zero-order valence-electron chi connectivity index (χ0n) is 7.28. The minimum Gasteiger partial charge on any atom is -0.508 e. The molecule has 0 saturated heterocycles. The van der Waals surface area contributed by atoms with E-state index in [1.165, 1.54) is 0 Å². The van der Waals surface area contributed by atoms with Crippen LogP contribution in [-0.4, -0.2) is 15.1 Å². The largest absolute Gasteiger partial charge is 0.508 e. The van der Waals surface area contributed by atoms with Crippen LogP contribution in [0.25, 0.3) is 11.4 Å². The quantitative estimate of drug-likeness (QED) is 0.695. The van der Waals surface area contributed by atoms with Gasteiger partial charge in [-0.2, -0.15) is 0 Å². The van der Waals surface area contributed by atoms with E-state index >= 15 is 0 Å². The van der Waals surface area contributed by atoms with Gasteiger partial charge in [-0.3, -0.25) is 0 Å². The molecule has 0 bridgehead atoms. The molecule has 1 heterocycles. The molecular weight excluding hydrogens is 164 g/mol. The predicted octanol–water partition coefficient (Wildman–Crippen LogP) is 2.09. The molecule has 0 aliphatic rings. The standard InChI is InChI=1S/C10H10N2O/c1-7-6-11-10(12-7)8-3-2-4-9(13)5-8/h2-6,13H,1H3,(H,11,12). The van der Waals surface area contributed by atoms with Crippen molar-refractivity contribution in [1.29, 1.82) is 0 Å². The Morgan fingerprint density at radius 1 is 1.38 bits per heavy atom. The molecule has 0 radical (unpaired) electrons. The van der Waals surface area contributed by atoms with Crippen LogP contribution in [0.3, 0.4) is 0 Å². The van der Waals surface area contributed by atoms with E-state index in [-0.39, 0.29) is 5.75 Å². The number of hydrogen-bond donors (Lipinski definition) is 2. The van der Waals surface area contributed by atoms with Crippen LogP contribution in [0.2, 0.25) is 0 Å². The van der Waals surface area contributed by atoms with Gasteiger partial charge < -0.3 is 10.1 Å². The van der Waals surface area contributed by atoms with Gasteiger partial charge in [0.25, 0.3) is 0 Å². The molecule has 0 spiro atoms. The van der Waals surface area contributed by atoms with Crippen molar-refractivity contribution in [2.45, 2.75) is 6.92 Å². The maximum atomic E-state index is 9.24. The predicted molar refractivity (Wildman–Crippen MR) is 50.4 cm³/mol. The zero-order chi connectivity index (χ0) is 9.26. The van der Waals surface area contributed by atoms with Gasteiger partial charge in [-0.25, -0.2) is 4.98 Å². The summed E-state index contributed by atoms with van der Waals surface area (Å²) in [5.41, 5.74) is 1.91. The Balaban J connectivity index is 2.46. The summed E-state index contributed by atoms with van der Waals surface area (Å²) < 4.78 is 0. The lowest BCUT2D eigenvalue weighted by Crippen LogP contribution is -1.79. The highest BCUT2D eigenvalue weighted by molar-refractivity contribution is 5.57. The van der Waals surface area contributed by atoms with Gasteiger partial charge >= 0.3 is 0 Å². The number of phenolic OH excluding ortho intramolecular Hbond substituents is 1. The average Bonchev–Trinajstić information content (AvgIpc) is 2.52. The maximum Gasteiger partial charge on any atom is 0.137 e. The molecule has 2 N–H and O–H groups in total. The number of rotatable bonds is 1. The second-order valence-electron chi connectivity index (χ2n) is 2.97. The highest BCUT2D eigenvalue weighted by Gasteiger charge is 2.00. The first-order chi connectivity index (χ1) is 6.25. The minimum absolute atomic E-state index is 0.256. The van der Waals surface area contributed by atoms with E-state index in [1.54, 1.807) is 24.4 Å². The van der Waals surface area contributed by atoms with Gasteiger partial charge in [0, 0.05) is 17.5 Å². The number of hydrogen-bond acceptors (Lipinski definition) is 2. The van der Waals surface area contributed by atoms with E-state index in [1.807, 2.05) is 13.0 Å². The first-order valence-electron chi connectivity index (χ1n) is 4.07. The zero-order valence-corrected chi connectivity index (χ0v) is 7.28. The SMILES string of the molecule is Cc1cnc(-c2cccc(O)c2)[nH]1. The van der Waals surface area contributed by atoms with Gasteiger partial charge in [0.2, 0.25) is 0 Å². The summed E-state index contributed by atoms with van der Waals surface area (Å²) in [4.78, 5) is 7.26. The third-order valence-electron chi connectivity index (χ3n) is 1.82. The molecule has 0 aliphatic carbocycles. The third kappa shape index (κ3) is 1.54. The Bertz CT molecular complexity index is 420. The van der Waals surface area contributed by atoms with Crippen LogP contribution >= 0.6 is 0 Å². The molecule has 13 heavy (non-hydrogen) atoms. The summed E-state index contributed by atoms with van der Waals surface area (Å²) in [6.07, 6.45) is 1.76. The van der Waals surface area contributed by atoms with Crippen LogP contribution in [0.4, 0.5) is 0 Å². The van der Waals surface area contributed by atoms with Gasteiger partial charge in [-0.05, 0) is 19.1 Å². The van der Waals surface area contributed by atoms with E-state index < -0.39 is 0 Å². The first kappa shape index (κ1) is 7.86. The minimum atomic E-state index is 0.256. The number of aromatic nitrogens is 2. The highest BCUT2D eigenvalue weighted by atomic mass is 16.3. The van der Waals surface area contributed by atoms with Crippen molar-refractivity contribution in [1.82, 2.24) is 9.97 Å². The van der Waals surface area contributed by atoms with Crippen molar-refractivity contribution < 1.29 is 5.11 Å². The molecule has 1 aromatic heterocycles. The van der Waals surface area contributed by atoms with Gasteiger partial charge in [0.1, 0.15) is 11.6 Å². The lowest BCUT2D eigenvalue weighted by molar-refractivity contribution is 0.475. The number of aromatic amines is 1. The van der Waals surface area contributed by atoms with Crippen molar-refractivity contribution in [2.24, 2.45) is 0 Å². The number of nitrogens with zero attached hydrogens (tertiary/aromatic N) is 1. The number of benzene rings is 1. The fourth-order valence-electron chi connectivity index (χ4n) is 1.21. The van der Waals surface area contributed by atoms with Gasteiger partial charge in [-0.15, -0.1) is 0 Å². The average molecular weight is 174 g/mol. The smallest absolute Gasteiger partial charge is 0.137 e. The molecule has 0 fully saturated rings. The Hall–Kier alpha value is -1.77. The van der Waals surface area contributed by atoms with E-state index in [2.05, 4.69) is 9.97 Å². The lowest BCUT2D eigenvalue weighted by atomic mass is 10.2. The van der Waals surface area contributed by atoms with Crippen molar-refractivity contribution in [3.8, 4) is 17.1 Å². The molecule has 0 saturated carbocycles. The van der Waals surface area contributed by atoms with Crippen LogP contribution in [0.1, 0.15) is 5.69 Å². The molecule has 2 rings (SSSR count). The molecule has 0 atom stereocenters. The van der Waals surface area contributed by atoms with Gasteiger partial charge in [0.15, 0.2) is 0 Å². The van der Waals surface area contributed by atoms with Crippen molar-refractivity contribution >= 4 is 0 Å². The number of aryl methyl sites for hydroxylation is 1. The summed E-state index contributed by atoms with van der Waals surface area (Å²) in [6, 6.07) is 7.01. The second-order valence-corrected chi connectivity index (χ2v) is 2.97. The molecule has 0 aliphatic heterocycles. The molecule has 66 valence electrons. The van der Waals surface area contributed by atoms with Crippen molar-refractivity contribution in [2.75, 3.05) is 0 Å². The van der Waals surface area contributed by atoms with E-state index in [0.29, 0.717) is 0 Å². The molecular formula is C10H10N2O. The van der Waals surface area contributed by atoms with Crippen molar-refractivity contribution in [3.05, 3.63) is 36.2 Å². The molecule has 0 unspecified atom stereocenters. The number of H-pyrrole nitrogens is 1. The fourth-order valence-corrected chi connectivity index (χ4v) is 1.21. The summed E-state index contributed by atoms with van der Waals surface area (Å²) in [7, 11) is 0. The topological polar surface area (TPSA) is 48.9 Å². The van der Waals surface area contributed by atoms with Gasteiger partial charge in [0.05, 0.1) is 0 Å². The summed E-state index contributed by atoms with van der Waals surface area (Å²) in [5.74, 6) is 1.04. The molecule has 3 heteroatoms. The lowest BCUT2D eigenvalue weighted by Gasteiger charge is -1.96. The Morgan fingerprint density at radius 2 is 2.23 bits per heavy atom. The molecule has 1 aromatic carbocycles. The maximum absolute atomic E-state index is 9.24. The summed E-state index contributed by atoms with van der Waals surface area (Å²) in [6.45, 7) is 1.94.